The lowest BCUT2D eigenvalue weighted by Gasteiger charge is -2.35. The number of piperidine rings is 1. The minimum atomic E-state index is -0.513. The Bertz CT molecular complexity index is 729. The van der Waals surface area contributed by atoms with Crippen LogP contribution in [0.4, 0.5) is 4.79 Å². The maximum absolute atomic E-state index is 12.8. The number of hydrogen-bond acceptors (Lipinski definition) is 5. The molecule has 1 heterocycles. The predicted molar refractivity (Wildman–Crippen MR) is 116 cm³/mol. The number of nitrogens with zero attached hydrogens (tertiary/aromatic N) is 2. The van der Waals surface area contributed by atoms with Gasteiger partial charge in [-0.25, -0.2) is 4.79 Å². The van der Waals surface area contributed by atoms with Crippen molar-refractivity contribution in [3.8, 4) is 11.5 Å². The summed E-state index contributed by atoms with van der Waals surface area (Å²) in [5.74, 6) is 1.74. The van der Waals surface area contributed by atoms with E-state index in [0.29, 0.717) is 37.4 Å². The molecule has 0 spiro atoms. The van der Waals surface area contributed by atoms with Crippen molar-refractivity contribution in [2.24, 2.45) is 5.92 Å². The number of aryl methyl sites for hydroxylation is 1. The van der Waals surface area contributed by atoms with Crippen LogP contribution in [0, 0.1) is 5.92 Å². The number of ether oxygens (including phenoxy) is 3. The Kier molecular flexibility index (Phi) is 8.38. The van der Waals surface area contributed by atoms with Gasteiger partial charge in [0.1, 0.15) is 5.60 Å². The predicted octanol–water partition coefficient (Wildman–Crippen LogP) is 3.74. The largest absolute Gasteiger partial charge is 0.493 e. The average Bonchev–Trinajstić information content (AvgIpc) is 2.70. The van der Waals surface area contributed by atoms with Gasteiger partial charge < -0.3 is 24.0 Å². The fourth-order valence-electron chi connectivity index (χ4n) is 3.79. The van der Waals surface area contributed by atoms with Gasteiger partial charge >= 0.3 is 6.09 Å². The average molecular weight is 421 g/mol. The minimum Gasteiger partial charge on any atom is -0.493 e. The molecular formula is C23H36N2O5. The van der Waals surface area contributed by atoms with Crippen LogP contribution in [0.2, 0.25) is 0 Å². The molecule has 1 aliphatic heterocycles. The molecule has 1 saturated heterocycles. The molecule has 7 nitrogen and oxygen atoms in total. The van der Waals surface area contributed by atoms with Gasteiger partial charge in [-0.3, -0.25) is 4.79 Å². The summed E-state index contributed by atoms with van der Waals surface area (Å²) < 4.78 is 16.2. The Hall–Kier alpha value is -2.44. The molecule has 168 valence electrons. The van der Waals surface area contributed by atoms with Crippen LogP contribution >= 0.6 is 0 Å². The first-order valence-electron chi connectivity index (χ1n) is 10.6. The van der Waals surface area contributed by atoms with Crippen molar-refractivity contribution in [3.05, 3.63) is 23.8 Å². The van der Waals surface area contributed by atoms with Crippen molar-refractivity contribution in [2.75, 3.05) is 40.9 Å². The smallest absolute Gasteiger partial charge is 0.410 e. The molecule has 0 saturated carbocycles. The van der Waals surface area contributed by atoms with Crippen LogP contribution in [0.1, 0.15) is 45.6 Å². The third kappa shape index (κ3) is 6.82. The van der Waals surface area contributed by atoms with Crippen LogP contribution < -0.4 is 9.47 Å². The van der Waals surface area contributed by atoms with Crippen molar-refractivity contribution < 1.29 is 23.8 Å². The second-order valence-corrected chi connectivity index (χ2v) is 8.86. The highest BCUT2D eigenvalue weighted by atomic mass is 16.6. The van der Waals surface area contributed by atoms with E-state index in [4.69, 9.17) is 14.2 Å². The van der Waals surface area contributed by atoms with E-state index in [1.54, 1.807) is 26.2 Å². The van der Waals surface area contributed by atoms with Crippen molar-refractivity contribution in [3.63, 3.8) is 0 Å². The van der Waals surface area contributed by atoms with Crippen LogP contribution in [0.5, 0.6) is 11.5 Å². The topological polar surface area (TPSA) is 68.3 Å². The number of methoxy groups -OCH3 is 2. The van der Waals surface area contributed by atoms with Gasteiger partial charge in [0.05, 0.1) is 14.2 Å². The Morgan fingerprint density at radius 2 is 1.93 bits per heavy atom. The lowest BCUT2D eigenvalue weighted by Crippen LogP contribution is -2.45. The fourth-order valence-corrected chi connectivity index (χ4v) is 3.79. The number of hydrogen-bond donors (Lipinski definition) is 0. The van der Waals surface area contributed by atoms with E-state index in [0.717, 1.165) is 24.9 Å². The first-order valence-corrected chi connectivity index (χ1v) is 10.6. The molecule has 30 heavy (non-hydrogen) atoms. The number of carbonyl (C=O) groups excluding carboxylic acids is 2. The van der Waals surface area contributed by atoms with E-state index >= 15 is 0 Å². The minimum absolute atomic E-state index is 0.129. The van der Waals surface area contributed by atoms with Gasteiger partial charge in [-0.2, -0.15) is 0 Å². The summed E-state index contributed by atoms with van der Waals surface area (Å²) in [6.07, 6.45) is 2.63. The number of benzene rings is 1. The lowest BCUT2D eigenvalue weighted by molar-refractivity contribution is -0.133. The highest BCUT2D eigenvalue weighted by Crippen LogP contribution is 2.31. The number of likely N-dealkylation sites (tertiary alicyclic amines) is 1. The Morgan fingerprint density at radius 1 is 1.20 bits per heavy atom. The first kappa shape index (κ1) is 23.8. The standard InChI is InChI=1S/C23H36N2O5/c1-23(2,3)30-22(27)24(4)15-17-9-8-14-25(16-17)20(26)13-12-18-10-7-11-19(28-5)21(18)29-6/h7,10-11,17H,8-9,12-16H2,1-6H3. The molecule has 0 N–H and O–H groups in total. The number of carbonyl (C=O) groups is 2. The third-order valence-corrected chi connectivity index (χ3v) is 5.20. The highest BCUT2D eigenvalue weighted by Gasteiger charge is 2.27. The van der Waals surface area contributed by atoms with Gasteiger partial charge in [0.2, 0.25) is 5.91 Å². The second-order valence-electron chi connectivity index (χ2n) is 8.86. The molecule has 1 aromatic carbocycles. The van der Waals surface area contributed by atoms with Gasteiger partial charge in [0.15, 0.2) is 11.5 Å². The van der Waals surface area contributed by atoms with Gasteiger partial charge in [-0.05, 0) is 57.6 Å². The molecule has 2 amide bonds. The molecular weight excluding hydrogens is 384 g/mol. The molecule has 1 atom stereocenters. The quantitative estimate of drug-likeness (QED) is 0.672. The van der Waals surface area contributed by atoms with Crippen LogP contribution in [0.15, 0.2) is 18.2 Å². The molecule has 1 fully saturated rings. The Balaban J connectivity index is 1.89. The van der Waals surface area contributed by atoms with Gasteiger partial charge in [0.25, 0.3) is 0 Å². The van der Waals surface area contributed by atoms with E-state index in [9.17, 15) is 9.59 Å². The molecule has 7 heteroatoms. The van der Waals surface area contributed by atoms with Crippen LogP contribution in [0.3, 0.4) is 0 Å². The van der Waals surface area contributed by atoms with Crippen LogP contribution in [-0.4, -0.2) is 68.3 Å². The molecule has 0 aliphatic carbocycles. The number of para-hydroxylation sites is 1. The van der Waals surface area contributed by atoms with Gasteiger partial charge in [0, 0.05) is 33.1 Å². The number of rotatable bonds is 7. The van der Waals surface area contributed by atoms with Crippen molar-refractivity contribution in [1.82, 2.24) is 9.80 Å². The zero-order valence-electron chi connectivity index (χ0n) is 19.2. The maximum Gasteiger partial charge on any atom is 0.410 e. The fraction of sp³-hybridized carbons (Fsp3) is 0.652. The summed E-state index contributed by atoms with van der Waals surface area (Å²) in [6.45, 7) is 7.59. The van der Waals surface area contributed by atoms with E-state index in [2.05, 4.69) is 0 Å². The SMILES string of the molecule is COc1cccc(CCC(=O)N2CCCC(CN(C)C(=O)OC(C)(C)C)C2)c1OC. The monoisotopic (exact) mass is 420 g/mol. The summed E-state index contributed by atoms with van der Waals surface area (Å²) in [4.78, 5) is 28.6. The van der Waals surface area contributed by atoms with Gasteiger partial charge in [-0.15, -0.1) is 0 Å². The molecule has 1 aromatic rings. The first-order chi connectivity index (χ1) is 14.1. The molecule has 2 rings (SSSR count). The van der Waals surface area contributed by atoms with E-state index < -0.39 is 5.60 Å². The van der Waals surface area contributed by atoms with E-state index in [1.165, 1.54) is 0 Å². The summed E-state index contributed by atoms with van der Waals surface area (Å²) >= 11 is 0. The van der Waals surface area contributed by atoms with Crippen molar-refractivity contribution >= 4 is 12.0 Å². The summed E-state index contributed by atoms with van der Waals surface area (Å²) in [5.41, 5.74) is 0.449. The summed E-state index contributed by atoms with van der Waals surface area (Å²) in [5, 5.41) is 0. The summed E-state index contributed by atoms with van der Waals surface area (Å²) in [7, 11) is 4.97. The van der Waals surface area contributed by atoms with Crippen molar-refractivity contribution in [1.29, 1.82) is 0 Å². The van der Waals surface area contributed by atoms with Crippen LogP contribution in [-0.2, 0) is 16.0 Å². The lowest BCUT2D eigenvalue weighted by atomic mass is 9.97. The highest BCUT2D eigenvalue weighted by molar-refractivity contribution is 5.76. The Labute approximate surface area is 180 Å². The van der Waals surface area contributed by atoms with Crippen LogP contribution in [0.25, 0.3) is 0 Å². The molecule has 0 bridgehead atoms. The molecule has 0 aromatic heterocycles. The zero-order chi connectivity index (χ0) is 22.3. The molecule has 0 radical (unpaired) electrons. The third-order valence-electron chi connectivity index (χ3n) is 5.20. The molecule has 1 unspecified atom stereocenters. The number of amides is 2. The maximum atomic E-state index is 12.8. The second kappa shape index (κ2) is 10.5. The van der Waals surface area contributed by atoms with Crippen molar-refractivity contribution in [2.45, 2.75) is 52.1 Å². The zero-order valence-corrected chi connectivity index (χ0v) is 19.2. The molecule has 1 aliphatic rings. The normalized spacial score (nSPS) is 16.7. The summed E-state index contributed by atoms with van der Waals surface area (Å²) in [6, 6.07) is 5.72. The van der Waals surface area contributed by atoms with Gasteiger partial charge in [-0.1, -0.05) is 12.1 Å². The van der Waals surface area contributed by atoms with E-state index in [-0.39, 0.29) is 17.9 Å². The Morgan fingerprint density at radius 3 is 2.57 bits per heavy atom. The van der Waals surface area contributed by atoms with E-state index in [1.807, 2.05) is 43.9 Å².